The maximum Gasteiger partial charge on any atom is 0.180 e. The molecule has 8 nitrogen and oxygen atoms in total. The van der Waals surface area contributed by atoms with Gasteiger partial charge in [-0.05, 0) is 94.2 Å². The van der Waals surface area contributed by atoms with Crippen molar-refractivity contribution in [1.29, 1.82) is 0 Å². The summed E-state index contributed by atoms with van der Waals surface area (Å²) in [6, 6.07) is 0. The Hall–Kier alpha value is -3.68. The van der Waals surface area contributed by atoms with Gasteiger partial charge in [-0.1, -0.05) is 0 Å². The van der Waals surface area contributed by atoms with E-state index in [1.807, 2.05) is 69.2 Å². The van der Waals surface area contributed by atoms with Gasteiger partial charge in [0.15, 0.2) is 11.6 Å². The van der Waals surface area contributed by atoms with Crippen molar-refractivity contribution in [1.82, 2.24) is 39.9 Å². The molecule has 0 saturated carbocycles. The molecule has 4 heterocycles. The second-order valence-corrected chi connectivity index (χ2v) is 10.5. The van der Waals surface area contributed by atoms with Gasteiger partial charge in [-0.3, -0.25) is 9.97 Å². The lowest BCUT2D eigenvalue weighted by Crippen LogP contribution is -2.27. The molecule has 0 N–H and O–H groups in total. The highest BCUT2D eigenvalue weighted by Crippen LogP contribution is 2.35. The summed E-state index contributed by atoms with van der Waals surface area (Å²) < 4.78 is 0. The van der Waals surface area contributed by atoms with Crippen LogP contribution >= 0.6 is 0 Å². The first-order chi connectivity index (χ1) is 17.2. The Balaban J connectivity index is 1.80. The van der Waals surface area contributed by atoms with E-state index in [2.05, 4.69) is 33.8 Å². The van der Waals surface area contributed by atoms with E-state index in [4.69, 9.17) is 19.9 Å². The molecule has 0 aromatic carbocycles. The molecule has 4 aromatic heterocycles. The van der Waals surface area contributed by atoms with E-state index in [1.165, 1.54) is 0 Å². The molecule has 0 saturated heterocycles. The zero-order valence-corrected chi connectivity index (χ0v) is 24.1. The highest BCUT2D eigenvalue weighted by Gasteiger charge is 2.33. The van der Waals surface area contributed by atoms with Crippen LogP contribution in [0.5, 0.6) is 0 Å². The number of aromatic nitrogens is 8. The Kier molecular flexibility index (Phi) is 6.65. The quantitative estimate of drug-likeness (QED) is 0.360. The SMILES string of the molecule is Cc1nc(C(C)(C)c2nc(C)c(-c3nc(C)c(C)c(C)n3)nc2C)c(C)nc1-c1nc(C)c(C)c(C)n1. The van der Waals surface area contributed by atoms with Gasteiger partial charge in [0.05, 0.1) is 39.6 Å². The summed E-state index contributed by atoms with van der Waals surface area (Å²) in [4.78, 5) is 38.7. The molecule has 0 amide bonds. The minimum atomic E-state index is -0.527. The van der Waals surface area contributed by atoms with Gasteiger partial charge >= 0.3 is 0 Å². The van der Waals surface area contributed by atoms with Gasteiger partial charge in [0.1, 0.15) is 11.4 Å². The van der Waals surface area contributed by atoms with E-state index in [0.29, 0.717) is 23.0 Å². The fraction of sp³-hybridized carbons (Fsp3) is 0.448. The second kappa shape index (κ2) is 9.32. The summed E-state index contributed by atoms with van der Waals surface area (Å²) in [7, 11) is 0. The summed E-state index contributed by atoms with van der Waals surface area (Å²) in [6.07, 6.45) is 0. The Morgan fingerprint density at radius 2 is 0.649 bits per heavy atom. The largest absolute Gasteiger partial charge is 0.253 e. The fourth-order valence-corrected chi connectivity index (χ4v) is 4.68. The van der Waals surface area contributed by atoms with Crippen molar-refractivity contribution in [3.05, 3.63) is 68.1 Å². The molecule has 0 fully saturated rings. The van der Waals surface area contributed by atoms with E-state index in [1.54, 1.807) is 0 Å². The monoisotopic (exact) mass is 496 g/mol. The molecule has 0 bridgehead atoms. The van der Waals surface area contributed by atoms with E-state index in [-0.39, 0.29) is 0 Å². The van der Waals surface area contributed by atoms with Crippen molar-refractivity contribution in [2.45, 2.75) is 88.5 Å². The molecular weight excluding hydrogens is 460 g/mol. The molecule has 0 spiro atoms. The van der Waals surface area contributed by atoms with Crippen molar-refractivity contribution in [2.75, 3.05) is 0 Å². The smallest absolute Gasteiger partial charge is 0.180 e. The van der Waals surface area contributed by atoms with Gasteiger partial charge < -0.3 is 0 Å². The van der Waals surface area contributed by atoms with Gasteiger partial charge in [-0.25, -0.2) is 29.9 Å². The van der Waals surface area contributed by atoms with Crippen LogP contribution in [0, 0.1) is 69.2 Å². The maximum absolute atomic E-state index is 5.03. The first kappa shape index (κ1) is 26.4. The zero-order chi connectivity index (χ0) is 27.4. The highest BCUT2D eigenvalue weighted by atomic mass is 15.0. The lowest BCUT2D eigenvalue weighted by molar-refractivity contribution is 0.572. The van der Waals surface area contributed by atoms with E-state index < -0.39 is 5.41 Å². The van der Waals surface area contributed by atoms with Crippen molar-refractivity contribution < 1.29 is 0 Å². The summed E-state index contributed by atoms with van der Waals surface area (Å²) in [6.45, 7) is 24.2. The Bertz CT molecular complexity index is 1390. The molecule has 0 aliphatic carbocycles. The molecule has 0 aliphatic heterocycles. The third-order valence-corrected chi connectivity index (χ3v) is 7.36. The third kappa shape index (κ3) is 4.61. The van der Waals surface area contributed by atoms with Gasteiger partial charge in [0.25, 0.3) is 0 Å². The number of nitrogens with zero attached hydrogens (tertiary/aromatic N) is 8. The lowest BCUT2D eigenvalue weighted by Gasteiger charge is -2.27. The number of hydrogen-bond acceptors (Lipinski definition) is 8. The minimum Gasteiger partial charge on any atom is -0.253 e. The Morgan fingerprint density at radius 1 is 0.351 bits per heavy atom. The normalized spacial score (nSPS) is 11.8. The molecule has 4 rings (SSSR count). The summed E-state index contributed by atoms with van der Waals surface area (Å²) in [5.74, 6) is 1.22. The predicted molar refractivity (Wildman–Crippen MR) is 146 cm³/mol. The van der Waals surface area contributed by atoms with Crippen LogP contribution in [0.2, 0.25) is 0 Å². The van der Waals surface area contributed by atoms with Crippen LogP contribution in [-0.4, -0.2) is 39.9 Å². The van der Waals surface area contributed by atoms with Gasteiger partial charge in [0, 0.05) is 22.8 Å². The van der Waals surface area contributed by atoms with E-state index in [9.17, 15) is 0 Å². The summed E-state index contributed by atoms with van der Waals surface area (Å²) in [5, 5.41) is 0. The standard InChI is InChI=1S/C29H36N8/c1-13-15(3)34-27(35-16(13)4)23-19(7)32-25(21(9)30-23)29(11,12)26-22(10)31-24(20(8)33-26)28-36-17(5)14(2)18(6)37-28/h1-12H3. The fourth-order valence-electron chi connectivity index (χ4n) is 4.68. The minimum absolute atomic E-state index is 0.527. The van der Waals surface area contributed by atoms with Crippen LogP contribution in [0.1, 0.15) is 81.9 Å². The molecule has 0 unspecified atom stereocenters. The van der Waals surface area contributed by atoms with Crippen LogP contribution in [0.25, 0.3) is 23.0 Å². The van der Waals surface area contributed by atoms with Gasteiger partial charge in [-0.15, -0.1) is 0 Å². The van der Waals surface area contributed by atoms with Crippen LogP contribution < -0.4 is 0 Å². The molecule has 0 radical (unpaired) electrons. The van der Waals surface area contributed by atoms with Crippen LogP contribution in [0.4, 0.5) is 0 Å². The number of rotatable bonds is 4. The molecule has 192 valence electrons. The van der Waals surface area contributed by atoms with Crippen LogP contribution in [0.15, 0.2) is 0 Å². The molecule has 4 aromatic rings. The van der Waals surface area contributed by atoms with E-state index >= 15 is 0 Å². The van der Waals surface area contributed by atoms with Crippen molar-refractivity contribution in [2.24, 2.45) is 0 Å². The maximum atomic E-state index is 5.03. The first-order valence-electron chi connectivity index (χ1n) is 12.6. The Morgan fingerprint density at radius 3 is 0.946 bits per heavy atom. The van der Waals surface area contributed by atoms with Crippen molar-refractivity contribution in [3.63, 3.8) is 0 Å². The topological polar surface area (TPSA) is 103 Å². The van der Waals surface area contributed by atoms with E-state index in [0.717, 1.165) is 68.1 Å². The molecular formula is C29H36N8. The van der Waals surface area contributed by atoms with Crippen molar-refractivity contribution in [3.8, 4) is 23.0 Å². The Labute approximate surface area is 219 Å². The summed E-state index contributed by atoms with van der Waals surface area (Å²) in [5.41, 5.74) is 11.8. The average molecular weight is 497 g/mol. The second-order valence-electron chi connectivity index (χ2n) is 10.5. The summed E-state index contributed by atoms with van der Waals surface area (Å²) >= 11 is 0. The van der Waals surface area contributed by atoms with Crippen LogP contribution in [0.3, 0.4) is 0 Å². The third-order valence-electron chi connectivity index (χ3n) is 7.36. The molecule has 37 heavy (non-hydrogen) atoms. The number of hydrogen-bond donors (Lipinski definition) is 0. The zero-order valence-electron chi connectivity index (χ0n) is 24.1. The van der Waals surface area contributed by atoms with Crippen molar-refractivity contribution >= 4 is 0 Å². The molecule has 0 atom stereocenters. The predicted octanol–water partition coefficient (Wildman–Crippen LogP) is 5.59. The van der Waals surface area contributed by atoms with Crippen LogP contribution in [-0.2, 0) is 5.41 Å². The lowest BCUT2D eigenvalue weighted by atomic mass is 9.82. The average Bonchev–Trinajstić information content (AvgIpc) is 2.82. The molecule has 8 heteroatoms. The first-order valence-corrected chi connectivity index (χ1v) is 12.6. The highest BCUT2D eigenvalue weighted by molar-refractivity contribution is 5.57. The molecule has 0 aliphatic rings. The van der Waals surface area contributed by atoms with Gasteiger partial charge in [0.2, 0.25) is 0 Å². The van der Waals surface area contributed by atoms with Gasteiger partial charge in [-0.2, -0.15) is 0 Å². The number of aryl methyl sites for hydroxylation is 8.